The summed E-state index contributed by atoms with van der Waals surface area (Å²) in [7, 11) is 0. The van der Waals surface area contributed by atoms with Crippen molar-refractivity contribution in [1.82, 2.24) is 0 Å². The molecule has 0 aliphatic rings. The SMILES string of the molecule is O=C(Nc1c(F)cc(F)cc1[N+](=O)[O-])c1ccc(F)cc1. The third kappa shape index (κ3) is 3.16. The number of rotatable bonds is 3. The zero-order chi connectivity index (χ0) is 15.6. The smallest absolute Gasteiger partial charge is 0.298 e. The molecule has 2 aromatic carbocycles. The van der Waals surface area contributed by atoms with Gasteiger partial charge in [0.15, 0.2) is 11.5 Å². The number of anilines is 1. The quantitative estimate of drug-likeness (QED) is 0.698. The number of benzene rings is 2. The topological polar surface area (TPSA) is 72.2 Å². The summed E-state index contributed by atoms with van der Waals surface area (Å²) in [5.41, 5.74) is -1.70. The number of carbonyl (C=O) groups is 1. The first-order chi connectivity index (χ1) is 9.88. The van der Waals surface area contributed by atoms with Crippen molar-refractivity contribution >= 4 is 17.3 Å². The molecule has 21 heavy (non-hydrogen) atoms. The Labute approximate surface area is 116 Å². The minimum Gasteiger partial charge on any atom is -0.314 e. The number of nitro benzene ring substituents is 1. The van der Waals surface area contributed by atoms with E-state index in [2.05, 4.69) is 0 Å². The molecule has 0 fully saturated rings. The van der Waals surface area contributed by atoms with Crippen molar-refractivity contribution in [3.8, 4) is 0 Å². The molecule has 108 valence electrons. The van der Waals surface area contributed by atoms with Crippen LogP contribution in [-0.2, 0) is 0 Å². The Kier molecular flexibility index (Phi) is 3.88. The number of amides is 1. The summed E-state index contributed by atoms with van der Waals surface area (Å²) in [6.45, 7) is 0. The molecule has 0 aromatic heterocycles. The lowest BCUT2D eigenvalue weighted by atomic mass is 10.2. The van der Waals surface area contributed by atoms with E-state index in [1.807, 2.05) is 5.32 Å². The third-order valence-corrected chi connectivity index (χ3v) is 2.58. The second kappa shape index (κ2) is 5.61. The first-order valence-corrected chi connectivity index (χ1v) is 5.59. The van der Waals surface area contributed by atoms with Crippen LogP contribution in [0.2, 0.25) is 0 Å². The van der Waals surface area contributed by atoms with Gasteiger partial charge in [-0.05, 0) is 24.3 Å². The van der Waals surface area contributed by atoms with Gasteiger partial charge in [0, 0.05) is 11.6 Å². The molecule has 0 heterocycles. The Hall–Kier alpha value is -2.90. The maximum Gasteiger partial charge on any atom is 0.298 e. The van der Waals surface area contributed by atoms with Gasteiger partial charge in [0.1, 0.15) is 11.6 Å². The number of nitrogens with zero attached hydrogens (tertiary/aromatic N) is 1. The van der Waals surface area contributed by atoms with E-state index in [4.69, 9.17) is 0 Å². The zero-order valence-electron chi connectivity index (χ0n) is 10.3. The van der Waals surface area contributed by atoms with Gasteiger partial charge in [0.25, 0.3) is 11.6 Å². The molecule has 1 N–H and O–H groups in total. The fourth-order valence-electron chi connectivity index (χ4n) is 1.61. The molecular formula is C13H7F3N2O3. The predicted molar refractivity (Wildman–Crippen MR) is 67.4 cm³/mol. The minimum atomic E-state index is -1.28. The van der Waals surface area contributed by atoms with Crippen molar-refractivity contribution < 1.29 is 22.9 Å². The summed E-state index contributed by atoms with van der Waals surface area (Å²) in [6, 6.07) is 5.15. The van der Waals surface area contributed by atoms with Crippen molar-refractivity contribution in [2.45, 2.75) is 0 Å². The fraction of sp³-hybridized carbons (Fsp3) is 0. The minimum absolute atomic E-state index is 0.0329. The average molecular weight is 296 g/mol. The van der Waals surface area contributed by atoms with Gasteiger partial charge in [-0.1, -0.05) is 0 Å². The van der Waals surface area contributed by atoms with Crippen molar-refractivity contribution in [3.63, 3.8) is 0 Å². The second-order valence-corrected chi connectivity index (χ2v) is 4.00. The summed E-state index contributed by atoms with van der Waals surface area (Å²) in [5.74, 6) is -3.88. The average Bonchev–Trinajstić information content (AvgIpc) is 2.41. The maximum absolute atomic E-state index is 13.6. The summed E-state index contributed by atoms with van der Waals surface area (Å²) < 4.78 is 39.3. The van der Waals surface area contributed by atoms with E-state index in [-0.39, 0.29) is 5.56 Å². The van der Waals surface area contributed by atoms with Gasteiger partial charge >= 0.3 is 0 Å². The molecule has 8 heteroatoms. The molecule has 0 unspecified atom stereocenters. The van der Waals surface area contributed by atoms with Crippen LogP contribution in [0.15, 0.2) is 36.4 Å². The first kappa shape index (κ1) is 14.5. The van der Waals surface area contributed by atoms with E-state index in [9.17, 15) is 28.1 Å². The monoisotopic (exact) mass is 296 g/mol. The zero-order valence-corrected chi connectivity index (χ0v) is 10.3. The van der Waals surface area contributed by atoms with E-state index < -0.39 is 39.7 Å². The van der Waals surface area contributed by atoms with Crippen LogP contribution in [0.3, 0.4) is 0 Å². The van der Waals surface area contributed by atoms with Gasteiger partial charge in [-0.2, -0.15) is 0 Å². The van der Waals surface area contributed by atoms with Gasteiger partial charge in [-0.15, -0.1) is 0 Å². The lowest BCUT2D eigenvalue weighted by Gasteiger charge is -2.07. The second-order valence-electron chi connectivity index (χ2n) is 4.00. The summed E-state index contributed by atoms with van der Waals surface area (Å²) >= 11 is 0. The molecule has 2 rings (SSSR count). The molecule has 1 amide bonds. The van der Waals surface area contributed by atoms with E-state index in [0.29, 0.717) is 12.1 Å². The predicted octanol–water partition coefficient (Wildman–Crippen LogP) is 3.26. The van der Waals surface area contributed by atoms with E-state index in [1.165, 1.54) is 0 Å². The standard InChI is InChI=1S/C13H7F3N2O3/c14-8-3-1-7(2-4-8)13(19)17-12-10(16)5-9(15)6-11(12)18(20)21/h1-6H,(H,17,19). The highest BCUT2D eigenvalue weighted by molar-refractivity contribution is 6.05. The summed E-state index contributed by atoms with van der Waals surface area (Å²) in [6.07, 6.45) is 0. The number of halogens is 3. The van der Waals surface area contributed by atoms with E-state index in [0.717, 1.165) is 24.3 Å². The van der Waals surface area contributed by atoms with Crippen molar-refractivity contribution in [2.24, 2.45) is 0 Å². The Balaban J connectivity index is 2.37. The summed E-state index contributed by atoms with van der Waals surface area (Å²) in [4.78, 5) is 21.6. The normalized spacial score (nSPS) is 10.2. The molecule has 0 bridgehead atoms. The van der Waals surface area contributed by atoms with Crippen LogP contribution in [0.25, 0.3) is 0 Å². The molecular weight excluding hydrogens is 289 g/mol. The van der Waals surface area contributed by atoms with Crippen LogP contribution in [0.1, 0.15) is 10.4 Å². The van der Waals surface area contributed by atoms with Crippen LogP contribution >= 0.6 is 0 Å². The highest BCUT2D eigenvalue weighted by Crippen LogP contribution is 2.29. The highest BCUT2D eigenvalue weighted by atomic mass is 19.1. The molecule has 0 aliphatic carbocycles. The highest BCUT2D eigenvalue weighted by Gasteiger charge is 2.22. The molecule has 0 spiro atoms. The molecule has 2 aromatic rings. The van der Waals surface area contributed by atoms with Crippen LogP contribution in [0.4, 0.5) is 24.5 Å². The van der Waals surface area contributed by atoms with Gasteiger partial charge in [-0.25, -0.2) is 13.2 Å². The molecule has 0 saturated carbocycles. The first-order valence-electron chi connectivity index (χ1n) is 5.59. The fourth-order valence-corrected chi connectivity index (χ4v) is 1.61. The van der Waals surface area contributed by atoms with Crippen molar-refractivity contribution in [2.75, 3.05) is 5.32 Å². The number of hydrogen-bond donors (Lipinski definition) is 1. The Morgan fingerprint density at radius 3 is 2.24 bits per heavy atom. The Bertz CT molecular complexity index is 717. The lowest BCUT2D eigenvalue weighted by Crippen LogP contribution is -2.14. The third-order valence-electron chi connectivity index (χ3n) is 2.58. The molecule has 5 nitrogen and oxygen atoms in total. The molecule has 0 aliphatic heterocycles. The van der Waals surface area contributed by atoms with Crippen LogP contribution in [-0.4, -0.2) is 10.8 Å². The van der Waals surface area contributed by atoms with Gasteiger partial charge in [-0.3, -0.25) is 14.9 Å². The number of nitrogens with one attached hydrogen (secondary N) is 1. The van der Waals surface area contributed by atoms with Gasteiger partial charge in [0.05, 0.1) is 11.0 Å². The Morgan fingerprint density at radius 1 is 1.05 bits per heavy atom. The largest absolute Gasteiger partial charge is 0.314 e. The number of hydrogen-bond acceptors (Lipinski definition) is 3. The number of carbonyl (C=O) groups excluding carboxylic acids is 1. The van der Waals surface area contributed by atoms with Crippen molar-refractivity contribution in [3.05, 3.63) is 69.5 Å². The maximum atomic E-state index is 13.6. The number of nitro groups is 1. The van der Waals surface area contributed by atoms with Gasteiger partial charge in [0.2, 0.25) is 0 Å². The lowest BCUT2D eigenvalue weighted by molar-refractivity contribution is -0.384. The van der Waals surface area contributed by atoms with E-state index >= 15 is 0 Å². The summed E-state index contributed by atoms with van der Waals surface area (Å²) in [5, 5.41) is 12.7. The van der Waals surface area contributed by atoms with Crippen molar-refractivity contribution in [1.29, 1.82) is 0 Å². The molecule has 0 radical (unpaired) electrons. The molecule has 0 atom stereocenters. The van der Waals surface area contributed by atoms with Crippen LogP contribution in [0.5, 0.6) is 0 Å². The molecule has 0 saturated heterocycles. The van der Waals surface area contributed by atoms with Crippen LogP contribution in [0, 0.1) is 27.6 Å². The van der Waals surface area contributed by atoms with E-state index in [1.54, 1.807) is 0 Å². The van der Waals surface area contributed by atoms with Crippen LogP contribution < -0.4 is 5.32 Å². The van der Waals surface area contributed by atoms with Gasteiger partial charge < -0.3 is 5.32 Å². The Morgan fingerprint density at radius 2 is 1.67 bits per heavy atom.